The molecule has 6 heteroatoms. The van der Waals surface area contributed by atoms with Crippen molar-refractivity contribution in [3.8, 4) is 11.4 Å². The number of benzene rings is 1. The van der Waals surface area contributed by atoms with Crippen molar-refractivity contribution in [2.45, 2.75) is 31.3 Å². The molecule has 3 rings (SSSR count). The highest BCUT2D eigenvalue weighted by Gasteiger charge is 2.13. The fraction of sp³-hybridized carbons (Fsp3) is 0.267. The lowest BCUT2D eigenvalue weighted by atomic mass is 10.2. The van der Waals surface area contributed by atoms with Crippen LogP contribution in [-0.2, 0) is 12.3 Å². The van der Waals surface area contributed by atoms with Gasteiger partial charge in [0.25, 0.3) is 0 Å². The maximum absolute atomic E-state index is 4.49. The Hall–Kier alpha value is -1.66. The molecule has 0 unspecified atom stereocenters. The predicted molar refractivity (Wildman–Crippen MR) is 87.5 cm³/mol. The summed E-state index contributed by atoms with van der Waals surface area (Å²) in [5, 5.41) is 12.8. The quantitative estimate of drug-likeness (QED) is 0.667. The summed E-state index contributed by atoms with van der Waals surface area (Å²) in [4.78, 5) is 4.49. The van der Waals surface area contributed by atoms with Gasteiger partial charge in [0.15, 0.2) is 11.0 Å². The van der Waals surface area contributed by atoms with Crippen molar-refractivity contribution in [2.75, 3.05) is 0 Å². The zero-order valence-corrected chi connectivity index (χ0v) is 13.6. The molecule has 0 saturated heterocycles. The molecular formula is C15H16N4S2. The second kappa shape index (κ2) is 6.41. The number of rotatable bonds is 5. The minimum atomic E-state index is 0.831. The number of hydrogen-bond donors (Lipinski definition) is 0. The van der Waals surface area contributed by atoms with Gasteiger partial charge < -0.3 is 4.57 Å². The number of hydrogen-bond acceptors (Lipinski definition) is 5. The molecule has 0 bridgehead atoms. The van der Waals surface area contributed by atoms with Gasteiger partial charge in [0.05, 0.1) is 10.7 Å². The smallest absolute Gasteiger partial charge is 0.191 e. The third kappa shape index (κ3) is 3.16. The van der Waals surface area contributed by atoms with E-state index in [9.17, 15) is 0 Å². The van der Waals surface area contributed by atoms with Gasteiger partial charge in [0, 0.05) is 23.2 Å². The molecule has 108 valence electrons. The van der Waals surface area contributed by atoms with Gasteiger partial charge in [-0.2, -0.15) is 0 Å². The van der Waals surface area contributed by atoms with Crippen LogP contribution >= 0.6 is 23.1 Å². The van der Waals surface area contributed by atoms with Crippen molar-refractivity contribution in [1.82, 2.24) is 19.7 Å². The molecule has 4 nitrogen and oxygen atoms in total. The van der Waals surface area contributed by atoms with Crippen LogP contribution in [0.3, 0.4) is 0 Å². The van der Waals surface area contributed by atoms with E-state index in [2.05, 4.69) is 44.2 Å². The van der Waals surface area contributed by atoms with Crippen molar-refractivity contribution < 1.29 is 0 Å². The van der Waals surface area contributed by atoms with E-state index in [0.29, 0.717) is 0 Å². The SMILES string of the molecule is CCn1c(SCc2csc(C)n2)nnc1-c1ccccc1. The predicted octanol–water partition coefficient (Wildman–Crippen LogP) is 4.02. The van der Waals surface area contributed by atoms with Crippen molar-refractivity contribution in [3.63, 3.8) is 0 Å². The molecule has 1 aromatic carbocycles. The summed E-state index contributed by atoms with van der Waals surface area (Å²) in [7, 11) is 0. The molecule has 3 aromatic rings. The van der Waals surface area contributed by atoms with E-state index >= 15 is 0 Å². The molecule has 0 saturated carbocycles. The first-order chi connectivity index (χ1) is 10.3. The lowest BCUT2D eigenvalue weighted by Crippen LogP contribution is -1.99. The molecule has 21 heavy (non-hydrogen) atoms. The molecule has 0 fully saturated rings. The Morgan fingerprint density at radius 2 is 2.00 bits per heavy atom. The highest BCUT2D eigenvalue weighted by atomic mass is 32.2. The van der Waals surface area contributed by atoms with E-state index in [1.807, 2.05) is 25.1 Å². The Balaban J connectivity index is 1.82. The van der Waals surface area contributed by atoms with E-state index in [-0.39, 0.29) is 0 Å². The summed E-state index contributed by atoms with van der Waals surface area (Å²) < 4.78 is 2.15. The van der Waals surface area contributed by atoms with Gasteiger partial charge in [-0.15, -0.1) is 21.5 Å². The minimum Gasteiger partial charge on any atom is -0.302 e. The molecule has 0 atom stereocenters. The Morgan fingerprint density at radius 3 is 2.67 bits per heavy atom. The average Bonchev–Trinajstić information content (AvgIpc) is 3.11. The number of aromatic nitrogens is 4. The number of nitrogens with zero attached hydrogens (tertiary/aromatic N) is 4. The van der Waals surface area contributed by atoms with Crippen LogP contribution < -0.4 is 0 Å². The molecule has 2 aromatic heterocycles. The van der Waals surface area contributed by atoms with Crippen molar-refractivity contribution >= 4 is 23.1 Å². The molecule has 0 spiro atoms. The van der Waals surface area contributed by atoms with E-state index in [4.69, 9.17) is 0 Å². The lowest BCUT2D eigenvalue weighted by molar-refractivity contribution is 0.687. The van der Waals surface area contributed by atoms with Crippen molar-refractivity contribution in [2.24, 2.45) is 0 Å². The Kier molecular flexibility index (Phi) is 4.36. The maximum Gasteiger partial charge on any atom is 0.191 e. The largest absolute Gasteiger partial charge is 0.302 e. The number of thiazole rings is 1. The second-order valence-electron chi connectivity index (χ2n) is 4.56. The Bertz CT molecular complexity index is 718. The minimum absolute atomic E-state index is 0.831. The van der Waals surface area contributed by atoms with Gasteiger partial charge in [-0.25, -0.2) is 4.98 Å². The maximum atomic E-state index is 4.49. The standard InChI is InChI=1S/C15H16N4S2/c1-3-19-14(12-7-5-4-6-8-12)17-18-15(19)21-10-13-9-20-11(2)16-13/h4-9H,3,10H2,1-2H3. The molecule has 2 heterocycles. The summed E-state index contributed by atoms with van der Waals surface area (Å²) in [6, 6.07) is 10.2. The Morgan fingerprint density at radius 1 is 1.19 bits per heavy atom. The monoisotopic (exact) mass is 316 g/mol. The van der Waals surface area contributed by atoms with Gasteiger partial charge in [0.1, 0.15) is 0 Å². The van der Waals surface area contributed by atoms with Crippen molar-refractivity contribution in [3.05, 3.63) is 46.4 Å². The van der Waals surface area contributed by atoms with Gasteiger partial charge in [-0.05, 0) is 13.8 Å². The van der Waals surface area contributed by atoms with E-state index < -0.39 is 0 Å². The summed E-state index contributed by atoms with van der Waals surface area (Å²) in [6.07, 6.45) is 0. The molecule has 0 radical (unpaired) electrons. The second-order valence-corrected chi connectivity index (χ2v) is 6.57. The normalized spacial score (nSPS) is 11.0. The van der Waals surface area contributed by atoms with Crippen LogP contribution in [0.25, 0.3) is 11.4 Å². The highest BCUT2D eigenvalue weighted by molar-refractivity contribution is 7.98. The highest BCUT2D eigenvalue weighted by Crippen LogP contribution is 2.26. The first-order valence-electron chi connectivity index (χ1n) is 6.80. The summed E-state index contributed by atoms with van der Waals surface area (Å²) >= 11 is 3.37. The zero-order chi connectivity index (χ0) is 14.7. The summed E-state index contributed by atoms with van der Waals surface area (Å²) in [5.74, 6) is 1.76. The van der Waals surface area contributed by atoms with Crippen LogP contribution in [0.4, 0.5) is 0 Å². The van der Waals surface area contributed by atoms with Crippen LogP contribution in [0.15, 0.2) is 40.9 Å². The van der Waals surface area contributed by atoms with Gasteiger partial charge >= 0.3 is 0 Å². The average molecular weight is 316 g/mol. The zero-order valence-electron chi connectivity index (χ0n) is 12.0. The molecule has 0 aliphatic heterocycles. The van der Waals surface area contributed by atoms with Crippen LogP contribution in [0, 0.1) is 6.92 Å². The Labute approximate surface area is 132 Å². The fourth-order valence-electron chi connectivity index (χ4n) is 2.09. The first-order valence-corrected chi connectivity index (χ1v) is 8.67. The summed E-state index contributed by atoms with van der Waals surface area (Å²) in [5.41, 5.74) is 2.21. The van der Waals surface area contributed by atoms with Crippen LogP contribution in [0.2, 0.25) is 0 Å². The van der Waals surface area contributed by atoms with Crippen molar-refractivity contribution in [1.29, 1.82) is 0 Å². The van der Waals surface area contributed by atoms with Crippen LogP contribution in [0.5, 0.6) is 0 Å². The third-order valence-electron chi connectivity index (χ3n) is 3.08. The number of thioether (sulfide) groups is 1. The van der Waals surface area contributed by atoms with Crippen LogP contribution in [-0.4, -0.2) is 19.7 Å². The van der Waals surface area contributed by atoms with Crippen LogP contribution in [0.1, 0.15) is 17.6 Å². The van der Waals surface area contributed by atoms with E-state index in [0.717, 1.165) is 39.5 Å². The van der Waals surface area contributed by atoms with Gasteiger partial charge in [-0.3, -0.25) is 0 Å². The molecule has 0 aliphatic rings. The van der Waals surface area contributed by atoms with Gasteiger partial charge in [-0.1, -0.05) is 42.1 Å². The van der Waals surface area contributed by atoms with Gasteiger partial charge in [0.2, 0.25) is 0 Å². The molecule has 0 aliphatic carbocycles. The topological polar surface area (TPSA) is 43.6 Å². The third-order valence-corrected chi connectivity index (χ3v) is 4.90. The van der Waals surface area contributed by atoms with E-state index in [1.165, 1.54) is 0 Å². The molecule has 0 N–H and O–H groups in total. The van der Waals surface area contributed by atoms with E-state index in [1.54, 1.807) is 23.1 Å². The fourth-order valence-corrected chi connectivity index (χ4v) is 3.71. The lowest BCUT2D eigenvalue weighted by Gasteiger charge is -2.06. The first kappa shape index (κ1) is 14.3. The summed E-state index contributed by atoms with van der Waals surface area (Å²) in [6.45, 7) is 5.00. The molecular weight excluding hydrogens is 300 g/mol. The number of aryl methyl sites for hydroxylation is 1. The molecule has 0 amide bonds.